The van der Waals surface area contributed by atoms with E-state index in [0.29, 0.717) is 95.3 Å². The van der Waals surface area contributed by atoms with Crippen molar-refractivity contribution >= 4 is 32.5 Å². The number of carbonyl (C=O) groups is 1. The number of halogens is 1. The highest BCUT2D eigenvalue weighted by Crippen LogP contribution is 2.56. The van der Waals surface area contributed by atoms with Gasteiger partial charge in [0.1, 0.15) is 22.9 Å². The Kier molecular flexibility index (Phi) is 9.52. The van der Waals surface area contributed by atoms with E-state index in [1.54, 1.807) is 72.2 Å². The predicted molar refractivity (Wildman–Crippen MR) is 232 cm³/mol. The maximum atomic E-state index is 15.4. The quantitative estimate of drug-likeness (QED) is 0.175. The number of aromatic amines is 1. The van der Waals surface area contributed by atoms with Crippen LogP contribution in [0.25, 0.3) is 28.1 Å². The number of H-pyrrole nitrogens is 1. The molecule has 3 atom stereocenters. The van der Waals surface area contributed by atoms with Crippen LogP contribution in [-0.2, 0) is 26.7 Å². The van der Waals surface area contributed by atoms with Crippen LogP contribution in [0.15, 0.2) is 87.2 Å². The minimum absolute atomic E-state index is 0.0106. The summed E-state index contributed by atoms with van der Waals surface area (Å²) in [4.78, 5) is 46.9. The van der Waals surface area contributed by atoms with Gasteiger partial charge in [-0.1, -0.05) is 18.1 Å². The van der Waals surface area contributed by atoms with Gasteiger partial charge in [-0.05, 0) is 123 Å². The molecule has 6 heterocycles. The minimum Gasteiger partial charge on any atom is -0.381 e. The van der Waals surface area contributed by atoms with Crippen molar-refractivity contribution in [3.8, 4) is 17.2 Å². The Morgan fingerprint density at radius 2 is 1.65 bits per heavy atom. The van der Waals surface area contributed by atoms with Crippen molar-refractivity contribution in [3.63, 3.8) is 0 Å². The van der Waals surface area contributed by atoms with Gasteiger partial charge in [0.05, 0.1) is 29.4 Å². The van der Waals surface area contributed by atoms with E-state index in [4.69, 9.17) is 14.4 Å². The van der Waals surface area contributed by atoms with E-state index in [1.807, 2.05) is 17.6 Å². The normalized spacial score (nSPS) is 20.3. The summed E-state index contributed by atoms with van der Waals surface area (Å²) in [5.41, 5.74) is 4.68. The number of nitrogens with one attached hydrogen (secondary N) is 2. The summed E-state index contributed by atoms with van der Waals surface area (Å²) < 4.78 is 58.4. The molecule has 0 bridgehead atoms. The van der Waals surface area contributed by atoms with Crippen molar-refractivity contribution in [3.05, 3.63) is 139 Å². The van der Waals surface area contributed by atoms with Crippen molar-refractivity contribution in [1.29, 1.82) is 0 Å². The number of aryl methyl sites for hydroxylation is 2. The first-order valence-electron chi connectivity index (χ1n) is 21.0. The van der Waals surface area contributed by atoms with Gasteiger partial charge in [-0.15, -0.1) is 0 Å². The van der Waals surface area contributed by atoms with Gasteiger partial charge in [-0.25, -0.2) is 27.1 Å². The number of imidazole rings is 1. The topological polar surface area (TPSA) is 184 Å². The average Bonchev–Trinajstić information content (AvgIpc) is 3.75. The zero-order valence-corrected chi connectivity index (χ0v) is 36.2. The zero-order chi connectivity index (χ0) is 44.1. The van der Waals surface area contributed by atoms with E-state index in [1.165, 1.54) is 14.7 Å². The first-order valence-corrected chi connectivity index (χ1v) is 22.9. The maximum absolute atomic E-state index is 15.4. The molecule has 1 saturated carbocycles. The number of hydrogen-bond acceptors (Lipinski definition) is 9. The molecule has 0 radical (unpaired) electrons. The molecular formula is C45H46FN9O7S. The van der Waals surface area contributed by atoms with E-state index in [0.717, 1.165) is 30.0 Å². The number of sulfonamides is 1. The van der Waals surface area contributed by atoms with Gasteiger partial charge in [0.25, 0.3) is 5.91 Å². The molecule has 3 aliphatic rings. The number of carbonyl (C=O) groups excluding carboxylic acids is 1. The molecular weight excluding hydrogens is 830 g/mol. The fraction of sp³-hybridized carbons (Fsp3) is 0.356. The van der Waals surface area contributed by atoms with Gasteiger partial charge in [0.2, 0.25) is 10.0 Å². The lowest BCUT2D eigenvalue weighted by atomic mass is 9.91. The van der Waals surface area contributed by atoms with Crippen LogP contribution in [0.1, 0.15) is 89.3 Å². The molecule has 1 unspecified atom stereocenters. The van der Waals surface area contributed by atoms with Crippen LogP contribution >= 0.6 is 0 Å². The second-order valence-corrected chi connectivity index (χ2v) is 18.9. The SMILES string of the molecule is Cc1cc(-n2nc3c(c2-n2ccn(-c4ccc(NS(C)(=O)=O)cc4)c2=O)C(C)N(C(=O)c2cc4cc(C5CCOCC5)ccc4n2[C@@]2(c4noc(=O)[nH]4)C[C@@H]2C)CC3)cc(C)c1F. The van der Waals surface area contributed by atoms with Crippen LogP contribution in [0.3, 0.4) is 0 Å². The highest BCUT2D eigenvalue weighted by Gasteiger charge is 2.59. The molecule has 1 amide bonds. The van der Waals surface area contributed by atoms with Crippen molar-refractivity contribution in [1.82, 2.24) is 38.5 Å². The molecule has 10 rings (SSSR count). The predicted octanol–water partition coefficient (Wildman–Crippen LogP) is 6.01. The smallest absolute Gasteiger partial charge is 0.381 e. The highest BCUT2D eigenvalue weighted by atomic mass is 32.2. The van der Waals surface area contributed by atoms with Crippen LogP contribution < -0.4 is 16.2 Å². The molecule has 2 N–H and O–H groups in total. The summed E-state index contributed by atoms with van der Waals surface area (Å²) in [6, 6.07) is 17.4. The lowest BCUT2D eigenvalue weighted by Gasteiger charge is -2.34. The van der Waals surface area contributed by atoms with E-state index >= 15 is 9.18 Å². The van der Waals surface area contributed by atoms with Gasteiger partial charge in [-0.2, -0.15) is 5.10 Å². The van der Waals surface area contributed by atoms with Crippen LogP contribution in [0.2, 0.25) is 0 Å². The third-order valence-corrected chi connectivity index (χ3v) is 13.7. The largest absolute Gasteiger partial charge is 0.438 e. The lowest BCUT2D eigenvalue weighted by molar-refractivity contribution is 0.0663. The standard InChI is InChI=1S/C45H46FN9O7S/c1-25-20-34(21-26(2)39(25)46)55-40(53-17-16-52(44(53)58)33-9-7-32(8-10-33)50-63(5,59)60)38-28(4)51(15-12-35(38)48-55)41(56)37-23-31-22-30(29-13-18-61-19-14-29)6-11-36(31)54(37)45(24-27(45)3)42-47-43(57)62-49-42/h6-11,16-17,20-23,27-29,50H,12-15,18-19,24H2,1-5H3,(H,47,49,57)/t27-,28?,45-/m0/s1. The fourth-order valence-corrected chi connectivity index (χ4v) is 10.4. The molecule has 326 valence electrons. The molecule has 1 aliphatic carbocycles. The van der Waals surface area contributed by atoms with Crippen molar-refractivity contribution < 1.29 is 26.9 Å². The van der Waals surface area contributed by atoms with Gasteiger partial charge >= 0.3 is 11.4 Å². The summed E-state index contributed by atoms with van der Waals surface area (Å²) in [6.45, 7) is 9.03. The van der Waals surface area contributed by atoms with Gasteiger partial charge in [-0.3, -0.25) is 28.2 Å². The summed E-state index contributed by atoms with van der Waals surface area (Å²) in [7, 11) is -3.51. The zero-order valence-electron chi connectivity index (χ0n) is 35.4. The Morgan fingerprint density at radius 3 is 2.30 bits per heavy atom. The van der Waals surface area contributed by atoms with Crippen molar-refractivity contribution in [2.45, 2.75) is 70.9 Å². The fourth-order valence-electron chi connectivity index (χ4n) is 9.85. The Hall–Kier alpha value is -6.53. The number of rotatable bonds is 9. The molecule has 3 aromatic carbocycles. The molecule has 0 spiro atoms. The molecule has 2 aliphatic heterocycles. The second kappa shape index (κ2) is 14.8. The Bertz CT molecular complexity index is 3180. The van der Waals surface area contributed by atoms with Crippen molar-refractivity contribution in [2.75, 3.05) is 30.7 Å². The number of aromatic nitrogens is 7. The molecule has 16 nitrogen and oxygen atoms in total. The van der Waals surface area contributed by atoms with E-state index in [-0.39, 0.29) is 17.6 Å². The number of hydrogen-bond donors (Lipinski definition) is 2. The van der Waals surface area contributed by atoms with Gasteiger partial charge < -0.3 is 14.2 Å². The van der Waals surface area contributed by atoms with Crippen LogP contribution in [0.5, 0.6) is 0 Å². The van der Waals surface area contributed by atoms with Crippen LogP contribution in [-0.4, -0.2) is 78.9 Å². The molecule has 4 aromatic heterocycles. The Morgan fingerprint density at radius 1 is 0.952 bits per heavy atom. The summed E-state index contributed by atoms with van der Waals surface area (Å²) >= 11 is 0. The molecule has 2 fully saturated rings. The highest BCUT2D eigenvalue weighted by molar-refractivity contribution is 7.92. The number of fused-ring (bicyclic) bond motifs is 2. The van der Waals surface area contributed by atoms with Crippen molar-refractivity contribution in [2.24, 2.45) is 5.92 Å². The number of anilines is 1. The number of benzene rings is 3. The second-order valence-electron chi connectivity index (χ2n) is 17.2. The summed E-state index contributed by atoms with van der Waals surface area (Å²) in [6.07, 6.45) is 7.08. The molecule has 63 heavy (non-hydrogen) atoms. The van der Waals surface area contributed by atoms with Gasteiger partial charge in [0.15, 0.2) is 5.82 Å². The van der Waals surface area contributed by atoms with Gasteiger partial charge in [0, 0.05) is 60.7 Å². The number of ether oxygens (including phenoxy) is 1. The van der Waals surface area contributed by atoms with E-state index in [9.17, 15) is 18.0 Å². The number of nitrogens with zero attached hydrogens (tertiary/aromatic N) is 7. The molecule has 18 heteroatoms. The Labute approximate surface area is 360 Å². The Balaban J connectivity index is 1.10. The summed E-state index contributed by atoms with van der Waals surface area (Å²) in [5.74, 6) is -0.177. The van der Waals surface area contributed by atoms with E-state index in [2.05, 4.69) is 40.0 Å². The number of amides is 1. The van der Waals surface area contributed by atoms with Crippen LogP contribution in [0, 0.1) is 25.6 Å². The van der Waals surface area contributed by atoms with Crippen LogP contribution in [0.4, 0.5) is 10.1 Å². The first-order chi connectivity index (χ1) is 30.1. The average molecular weight is 876 g/mol. The lowest BCUT2D eigenvalue weighted by Crippen LogP contribution is -2.41. The monoisotopic (exact) mass is 875 g/mol. The molecule has 7 aromatic rings. The third kappa shape index (κ3) is 6.73. The maximum Gasteiger partial charge on any atom is 0.438 e. The minimum atomic E-state index is -3.51. The van der Waals surface area contributed by atoms with E-state index < -0.39 is 33.0 Å². The summed E-state index contributed by atoms with van der Waals surface area (Å²) in [5, 5.41) is 10.1. The first kappa shape index (κ1) is 40.5. The molecule has 1 saturated heterocycles. The third-order valence-electron chi connectivity index (χ3n) is 13.1.